The summed E-state index contributed by atoms with van der Waals surface area (Å²) in [6, 6.07) is 1.79. The van der Waals surface area contributed by atoms with Gasteiger partial charge in [-0.15, -0.1) is 0 Å². The average molecular weight is 399 g/mol. The molecule has 1 fully saturated rings. The number of fused-ring (bicyclic) bond motifs is 1. The summed E-state index contributed by atoms with van der Waals surface area (Å²) in [5.74, 6) is 0. The Morgan fingerprint density at radius 2 is 2.15 bits per heavy atom. The number of ether oxygens (including phenoxy) is 2. The van der Waals surface area contributed by atoms with Crippen molar-refractivity contribution in [3.05, 3.63) is 23.2 Å². The van der Waals surface area contributed by atoms with Crippen LogP contribution < -0.4 is 5.32 Å². The van der Waals surface area contributed by atoms with Crippen molar-refractivity contribution in [1.29, 1.82) is 0 Å². The number of hydrogen-bond acceptors (Lipinski definition) is 7. The van der Waals surface area contributed by atoms with Gasteiger partial charge in [0.15, 0.2) is 12.5 Å². The number of halogens is 1. The molecule has 3 rings (SSSR count). The molecular formula is C18H27ClN4O4. The second-order valence-electron chi connectivity index (χ2n) is 7.67. The van der Waals surface area contributed by atoms with E-state index in [4.69, 9.17) is 21.1 Å². The molecule has 0 aliphatic carbocycles. The molecule has 8 nitrogen and oxygen atoms in total. The third kappa shape index (κ3) is 4.96. The van der Waals surface area contributed by atoms with Crippen LogP contribution in [-0.2, 0) is 16.0 Å². The highest BCUT2D eigenvalue weighted by atomic mass is 35.5. The fourth-order valence-electron chi connectivity index (χ4n) is 2.94. The number of nitrogens with zero attached hydrogens (tertiary/aromatic N) is 3. The Morgan fingerprint density at radius 1 is 1.41 bits per heavy atom. The first kappa shape index (κ1) is 20.4. The normalized spacial score (nSPS) is 22.2. The smallest absolute Gasteiger partial charge is 0.224 e. The van der Waals surface area contributed by atoms with Gasteiger partial charge in [-0.05, 0) is 44.9 Å². The molecule has 2 aromatic heterocycles. The summed E-state index contributed by atoms with van der Waals surface area (Å²) >= 11 is 5.94. The van der Waals surface area contributed by atoms with Gasteiger partial charge in [-0.3, -0.25) is 5.32 Å². The first-order valence-corrected chi connectivity index (χ1v) is 9.52. The topological polar surface area (TPSA) is 105 Å². The minimum Gasteiger partial charge on any atom is -0.390 e. The van der Waals surface area contributed by atoms with E-state index in [0.717, 1.165) is 5.39 Å². The van der Waals surface area contributed by atoms with Crippen LogP contribution in [0.2, 0.25) is 5.28 Å². The van der Waals surface area contributed by atoms with E-state index in [-0.39, 0.29) is 23.4 Å². The molecular weight excluding hydrogens is 372 g/mol. The van der Waals surface area contributed by atoms with E-state index in [1.165, 1.54) is 0 Å². The maximum atomic E-state index is 10.5. The van der Waals surface area contributed by atoms with Crippen LogP contribution in [0.25, 0.3) is 11.0 Å². The zero-order valence-electron chi connectivity index (χ0n) is 16.0. The van der Waals surface area contributed by atoms with Gasteiger partial charge in [0.25, 0.3) is 0 Å². The van der Waals surface area contributed by atoms with Crippen LogP contribution in [0.15, 0.2) is 12.3 Å². The van der Waals surface area contributed by atoms with Crippen molar-refractivity contribution in [2.24, 2.45) is 0 Å². The fourth-order valence-corrected chi connectivity index (χ4v) is 3.07. The SMILES string of the molecule is CCC(O)C(O)c1cc2cnc(Cl)nc2n1CCNC1OC1OC(C)(C)C. The molecule has 9 heteroatoms. The minimum atomic E-state index is -1.02. The summed E-state index contributed by atoms with van der Waals surface area (Å²) in [5.41, 5.74) is 0.934. The summed E-state index contributed by atoms with van der Waals surface area (Å²) in [7, 11) is 0. The van der Waals surface area contributed by atoms with Crippen molar-refractivity contribution in [3.8, 4) is 0 Å². The molecule has 1 aliphatic rings. The molecule has 2 aromatic rings. The highest BCUT2D eigenvalue weighted by Gasteiger charge is 2.42. The van der Waals surface area contributed by atoms with Crippen molar-refractivity contribution < 1.29 is 19.7 Å². The van der Waals surface area contributed by atoms with Crippen molar-refractivity contribution in [3.63, 3.8) is 0 Å². The molecule has 150 valence electrons. The highest BCUT2D eigenvalue weighted by Crippen LogP contribution is 2.28. The maximum absolute atomic E-state index is 10.5. The molecule has 3 heterocycles. The number of aromatic nitrogens is 3. The molecule has 4 unspecified atom stereocenters. The van der Waals surface area contributed by atoms with Crippen LogP contribution in [0.5, 0.6) is 0 Å². The minimum absolute atomic E-state index is 0.135. The van der Waals surface area contributed by atoms with Crippen LogP contribution in [-0.4, -0.2) is 55.5 Å². The molecule has 0 bridgehead atoms. The number of aliphatic hydroxyl groups excluding tert-OH is 2. The Morgan fingerprint density at radius 3 is 2.81 bits per heavy atom. The number of epoxide rings is 1. The van der Waals surface area contributed by atoms with Gasteiger partial charge in [-0.2, -0.15) is 4.98 Å². The van der Waals surface area contributed by atoms with Crippen LogP contribution in [0, 0.1) is 0 Å². The third-order valence-corrected chi connectivity index (χ3v) is 4.51. The lowest BCUT2D eigenvalue weighted by molar-refractivity contribution is -0.0571. The lowest BCUT2D eigenvalue weighted by Crippen LogP contribution is -2.29. The maximum Gasteiger partial charge on any atom is 0.224 e. The second kappa shape index (κ2) is 7.98. The Kier molecular flexibility index (Phi) is 6.05. The third-order valence-electron chi connectivity index (χ3n) is 4.32. The van der Waals surface area contributed by atoms with Crippen LogP contribution in [0.4, 0.5) is 0 Å². The first-order chi connectivity index (χ1) is 12.7. The second-order valence-corrected chi connectivity index (χ2v) is 8.01. The van der Waals surface area contributed by atoms with Gasteiger partial charge in [-0.25, -0.2) is 4.98 Å². The van der Waals surface area contributed by atoms with Crippen molar-refractivity contribution in [1.82, 2.24) is 19.9 Å². The molecule has 0 aromatic carbocycles. The van der Waals surface area contributed by atoms with Crippen molar-refractivity contribution >= 4 is 22.6 Å². The van der Waals surface area contributed by atoms with Gasteiger partial charge in [0.05, 0.1) is 17.4 Å². The molecule has 0 spiro atoms. The Hall–Kier alpha value is -1.29. The molecule has 0 radical (unpaired) electrons. The summed E-state index contributed by atoms with van der Waals surface area (Å²) in [5, 5.41) is 24.7. The predicted molar refractivity (Wildman–Crippen MR) is 101 cm³/mol. The van der Waals surface area contributed by atoms with E-state index in [2.05, 4.69) is 15.3 Å². The molecule has 27 heavy (non-hydrogen) atoms. The highest BCUT2D eigenvalue weighted by molar-refractivity contribution is 6.28. The van der Waals surface area contributed by atoms with Gasteiger partial charge in [0, 0.05) is 24.7 Å². The Balaban J connectivity index is 1.72. The Labute approximate surface area is 163 Å². The van der Waals surface area contributed by atoms with Gasteiger partial charge < -0.3 is 24.3 Å². The monoisotopic (exact) mass is 398 g/mol. The van der Waals surface area contributed by atoms with Gasteiger partial charge in [-0.1, -0.05) is 6.92 Å². The van der Waals surface area contributed by atoms with Crippen molar-refractivity contribution in [2.45, 2.75) is 71.0 Å². The summed E-state index contributed by atoms with van der Waals surface area (Å²) < 4.78 is 13.1. The van der Waals surface area contributed by atoms with E-state index in [1.54, 1.807) is 12.3 Å². The van der Waals surface area contributed by atoms with Crippen molar-refractivity contribution in [2.75, 3.05) is 6.54 Å². The zero-order chi connectivity index (χ0) is 19.8. The van der Waals surface area contributed by atoms with E-state index in [1.807, 2.05) is 32.3 Å². The molecule has 3 N–H and O–H groups in total. The van der Waals surface area contributed by atoms with E-state index < -0.39 is 12.2 Å². The fraction of sp³-hybridized carbons (Fsp3) is 0.667. The lowest BCUT2D eigenvalue weighted by atomic mass is 10.1. The molecule has 0 amide bonds. The van der Waals surface area contributed by atoms with Crippen LogP contribution >= 0.6 is 11.6 Å². The number of aliphatic hydroxyl groups is 2. The Bertz CT molecular complexity index is 791. The molecule has 4 atom stereocenters. The summed E-state index contributed by atoms with van der Waals surface area (Å²) in [6.07, 6.45) is -0.234. The van der Waals surface area contributed by atoms with Crippen LogP contribution in [0.1, 0.15) is 45.9 Å². The van der Waals surface area contributed by atoms with Gasteiger partial charge in [0.2, 0.25) is 5.28 Å². The van der Waals surface area contributed by atoms with E-state index in [9.17, 15) is 10.2 Å². The molecule has 0 saturated carbocycles. The average Bonchev–Trinajstić information content (AvgIpc) is 3.21. The summed E-state index contributed by atoms with van der Waals surface area (Å²) in [4.78, 5) is 8.27. The van der Waals surface area contributed by atoms with E-state index >= 15 is 0 Å². The quantitative estimate of drug-likeness (QED) is 0.461. The number of hydrogen-bond donors (Lipinski definition) is 3. The van der Waals surface area contributed by atoms with E-state index in [0.29, 0.717) is 30.9 Å². The number of rotatable bonds is 8. The zero-order valence-corrected chi connectivity index (χ0v) is 16.8. The standard InChI is InChI=1S/C18H27ClN4O4/c1-5-12(24)13(25)11-8-10-9-21-17(19)22-14(10)23(11)7-6-20-15-16(26-15)27-18(2,3)4/h8-9,12-13,15-16,20,24-25H,5-7H2,1-4H3. The first-order valence-electron chi connectivity index (χ1n) is 9.14. The largest absolute Gasteiger partial charge is 0.390 e. The lowest BCUT2D eigenvalue weighted by Gasteiger charge is -2.19. The number of nitrogens with one attached hydrogen (secondary N) is 1. The van der Waals surface area contributed by atoms with Gasteiger partial charge in [0.1, 0.15) is 11.8 Å². The van der Waals surface area contributed by atoms with Crippen LogP contribution in [0.3, 0.4) is 0 Å². The predicted octanol–water partition coefficient (Wildman–Crippen LogP) is 1.98. The van der Waals surface area contributed by atoms with Gasteiger partial charge >= 0.3 is 0 Å². The summed E-state index contributed by atoms with van der Waals surface area (Å²) in [6.45, 7) is 8.85. The molecule has 1 saturated heterocycles. The molecule has 1 aliphatic heterocycles.